The van der Waals surface area contributed by atoms with Gasteiger partial charge in [0, 0.05) is 19.8 Å². The van der Waals surface area contributed by atoms with Crippen LogP contribution in [0.3, 0.4) is 0 Å². The highest BCUT2D eigenvalue weighted by molar-refractivity contribution is 5.81. The summed E-state index contributed by atoms with van der Waals surface area (Å²) in [6, 6.07) is 7.61. The minimum Gasteiger partial charge on any atom is -0.493 e. The maximum absolute atomic E-state index is 12.1. The molecule has 1 aliphatic rings. The summed E-state index contributed by atoms with van der Waals surface area (Å²) in [5.41, 5.74) is 7.24. The van der Waals surface area contributed by atoms with Crippen molar-refractivity contribution in [1.82, 2.24) is 5.32 Å². The summed E-state index contributed by atoms with van der Waals surface area (Å²) in [4.78, 5) is 12.1. The van der Waals surface area contributed by atoms with Crippen LogP contribution in [0.2, 0.25) is 0 Å². The van der Waals surface area contributed by atoms with E-state index >= 15 is 0 Å². The fraction of sp³-hybridized carbons (Fsp3) is 0.632. The molecule has 0 bridgehead atoms. The second-order valence-corrected chi connectivity index (χ2v) is 6.87. The van der Waals surface area contributed by atoms with Gasteiger partial charge < -0.3 is 20.5 Å². The van der Waals surface area contributed by atoms with E-state index in [0.717, 1.165) is 31.6 Å². The van der Waals surface area contributed by atoms with Crippen LogP contribution in [0, 0.1) is 11.8 Å². The van der Waals surface area contributed by atoms with Crippen molar-refractivity contribution >= 4 is 5.91 Å². The first kappa shape index (κ1) is 18.7. The van der Waals surface area contributed by atoms with Gasteiger partial charge >= 0.3 is 0 Å². The molecule has 0 aliphatic carbocycles. The van der Waals surface area contributed by atoms with Crippen molar-refractivity contribution in [3.8, 4) is 5.75 Å². The van der Waals surface area contributed by atoms with Gasteiger partial charge in [-0.3, -0.25) is 4.79 Å². The van der Waals surface area contributed by atoms with Crippen molar-refractivity contribution < 1.29 is 14.3 Å². The predicted octanol–water partition coefficient (Wildman–Crippen LogP) is 2.13. The third-order valence-corrected chi connectivity index (χ3v) is 4.30. The molecule has 1 aromatic rings. The quantitative estimate of drug-likeness (QED) is 0.764. The van der Waals surface area contributed by atoms with Gasteiger partial charge in [-0.15, -0.1) is 0 Å². The van der Waals surface area contributed by atoms with E-state index in [1.165, 1.54) is 5.56 Å². The molecule has 134 valence electrons. The van der Waals surface area contributed by atoms with Crippen molar-refractivity contribution in [1.29, 1.82) is 0 Å². The molecule has 5 nitrogen and oxygen atoms in total. The van der Waals surface area contributed by atoms with Gasteiger partial charge in [-0.1, -0.05) is 26.0 Å². The molecule has 0 radical (unpaired) electrons. The molecule has 1 heterocycles. The van der Waals surface area contributed by atoms with Crippen molar-refractivity contribution in [2.45, 2.75) is 39.2 Å². The maximum atomic E-state index is 12.1. The van der Waals surface area contributed by atoms with E-state index in [9.17, 15) is 4.79 Å². The van der Waals surface area contributed by atoms with Crippen molar-refractivity contribution in [3.63, 3.8) is 0 Å². The summed E-state index contributed by atoms with van der Waals surface area (Å²) in [6.45, 7) is 6.99. The Balaban J connectivity index is 1.70. The van der Waals surface area contributed by atoms with Gasteiger partial charge in [0.1, 0.15) is 5.75 Å². The summed E-state index contributed by atoms with van der Waals surface area (Å²) in [6.07, 6.45) is 2.52. The van der Waals surface area contributed by atoms with Gasteiger partial charge in [0.05, 0.1) is 12.6 Å². The average Bonchev–Trinajstić information content (AvgIpc) is 2.61. The number of ether oxygens (including phenoxy) is 2. The third kappa shape index (κ3) is 6.13. The van der Waals surface area contributed by atoms with Crippen LogP contribution >= 0.6 is 0 Å². The molecule has 1 saturated heterocycles. The Hall–Kier alpha value is -1.59. The number of hydrogen-bond acceptors (Lipinski definition) is 4. The van der Waals surface area contributed by atoms with E-state index in [0.29, 0.717) is 25.7 Å². The number of nitrogens with two attached hydrogens (primary N) is 1. The van der Waals surface area contributed by atoms with Gasteiger partial charge in [-0.2, -0.15) is 0 Å². The summed E-state index contributed by atoms with van der Waals surface area (Å²) in [5, 5.41) is 2.95. The molecule has 1 amide bonds. The lowest BCUT2D eigenvalue weighted by atomic mass is 9.92. The average molecular weight is 334 g/mol. The van der Waals surface area contributed by atoms with E-state index in [2.05, 4.69) is 19.2 Å². The number of carbonyl (C=O) groups is 1. The van der Waals surface area contributed by atoms with Gasteiger partial charge in [-0.25, -0.2) is 0 Å². The third-order valence-electron chi connectivity index (χ3n) is 4.30. The van der Waals surface area contributed by atoms with E-state index in [4.69, 9.17) is 15.2 Å². The van der Waals surface area contributed by atoms with Crippen LogP contribution in [0.25, 0.3) is 0 Å². The number of benzene rings is 1. The fourth-order valence-corrected chi connectivity index (χ4v) is 2.75. The lowest BCUT2D eigenvalue weighted by molar-refractivity contribution is -0.124. The van der Waals surface area contributed by atoms with E-state index in [1.807, 2.05) is 24.3 Å². The summed E-state index contributed by atoms with van der Waals surface area (Å²) in [7, 11) is 0. The largest absolute Gasteiger partial charge is 0.493 e. The molecule has 2 rings (SSSR count). The fourth-order valence-electron chi connectivity index (χ4n) is 2.75. The molecular weight excluding hydrogens is 304 g/mol. The van der Waals surface area contributed by atoms with Gasteiger partial charge in [0.2, 0.25) is 5.91 Å². The number of amides is 1. The Morgan fingerprint density at radius 1 is 1.29 bits per heavy atom. The number of nitrogens with one attached hydrogen (secondary N) is 1. The maximum Gasteiger partial charge on any atom is 0.237 e. The Bertz CT molecular complexity index is 496. The van der Waals surface area contributed by atoms with E-state index in [-0.39, 0.29) is 11.8 Å². The SMILES string of the molecule is CC(C)COc1ccc(CCNC(=O)C(N)C2CCOCC2)cc1. The van der Waals surface area contributed by atoms with Crippen LogP contribution in [-0.4, -0.2) is 38.3 Å². The van der Waals surface area contributed by atoms with Crippen molar-refractivity contribution in [3.05, 3.63) is 29.8 Å². The number of rotatable bonds is 8. The first-order chi connectivity index (χ1) is 11.6. The number of carbonyl (C=O) groups excluding carboxylic acids is 1. The second-order valence-electron chi connectivity index (χ2n) is 6.87. The standard InChI is InChI=1S/C19H30N2O3/c1-14(2)13-24-17-5-3-15(4-6-17)7-10-21-19(22)18(20)16-8-11-23-12-9-16/h3-6,14,16,18H,7-13,20H2,1-2H3,(H,21,22). The molecule has 24 heavy (non-hydrogen) atoms. The van der Waals surface area contributed by atoms with Gasteiger partial charge in [0.25, 0.3) is 0 Å². The molecule has 1 aliphatic heterocycles. The van der Waals surface area contributed by atoms with Crippen molar-refractivity contribution in [2.24, 2.45) is 17.6 Å². The first-order valence-electron chi connectivity index (χ1n) is 8.89. The summed E-state index contributed by atoms with van der Waals surface area (Å²) >= 11 is 0. The highest BCUT2D eigenvalue weighted by atomic mass is 16.5. The minimum absolute atomic E-state index is 0.0567. The van der Waals surface area contributed by atoms with Crippen LogP contribution in [-0.2, 0) is 16.0 Å². The van der Waals surface area contributed by atoms with E-state index in [1.54, 1.807) is 0 Å². The zero-order valence-corrected chi connectivity index (χ0v) is 14.8. The van der Waals surface area contributed by atoms with Crippen molar-refractivity contribution in [2.75, 3.05) is 26.4 Å². The molecule has 0 aromatic heterocycles. The monoisotopic (exact) mass is 334 g/mol. The van der Waals surface area contributed by atoms with Crippen LogP contribution in [0.5, 0.6) is 5.75 Å². The molecule has 0 spiro atoms. The topological polar surface area (TPSA) is 73.6 Å². The molecule has 1 atom stereocenters. The molecule has 5 heteroatoms. The molecule has 3 N–H and O–H groups in total. The van der Waals surface area contributed by atoms with Crippen LogP contribution in [0.1, 0.15) is 32.3 Å². The highest BCUT2D eigenvalue weighted by Crippen LogP contribution is 2.17. The Labute approximate surface area is 144 Å². The molecule has 1 fully saturated rings. The molecular formula is C19H30N2O3. The Morgan fingerprint density at radius 2 is 1.96 bits per heavy atom. The molecule has 1 unspecified atom stereocenters. The lowest BCUT2D eigenvalue weighted by Crippen LogP contribution is -2.47. The smallest absolute Gasteiger partial charge is 0.237 e. The minimum atomic E-state index is -0.430. The lowest BCUT2D eigenvalue weighted by Gasteiger charge is -2.26. The Morgan fingerprint density at radius 3 is 2.58 bits per heavy atom. The second kappa shape index (κ2) is 9.64. The first-order valence-corrected chi connectivity index (χ1v) is 8.89. The van der Waals surface area contributed by atoms with Crippen LogP contribution in [0.4, 0.5) is 0 Å². The predicted molar refractivity (Wildman–Crippen MR) is 95.0 cm³/mol. The normalized spacial score (nSPS) is 16.8. The zero-order chi connectivity index (χ0) is 17.4. The zero-order valence-electron chi connectivity index (χ0n) is 14.8. The van der Waals surface area contributed by atoms with Crippen LogP contribution in [0.15, 0.2) is 24.3 Å². The van der Waals surface area contributed by atoms with Crippen LogP contribution < -0.4 is 15.8 Å². The van der Waals surface area contributed by atoms with E-state index < -0.39 is 6.04 Å². The highest BCUT2D eigenvalue weighted by Gasteiger charge is 2.26. The molecule has 0 saturated carbocycles. The Kier molecular flexibility index (Phi) is 7.53. The van der Waals surface area contributed by atoms with Gasteiger partial charge in [-0.05, 0) is 48.8 Å². The molecule has 1 aromatic carbocycles. The number of hydrogen-bond donors (Lipinski definition) is 2. The summed E-state index contributed by atoms with van der Waals surface area (Å²) in [5.74, 6) is 1.58. The summed E-state index contributed by atoms with van der Waals surface area (Å²) < 4.78 is 11.0. The van der Waals surface area contributed by atoms with Gasteiger partial charge in [0.15, 0.2) is 0 Å².